The number of aryl methyl sites for hydroxylation is 1. The SMILES string of the molecule is O=C(O)CCc1cccc(NC(=O)C23CC4CC(C2)CC(C(F)(F)F)(C4)C3)c1. The average molecular weight is 395 g/mol. The van der Waals surface area contributed by atoms with Crippen LogP contribution in [0.1, 0.15) is 50.5 Å². The molecule has 0 aromatic heterocycles. The lowest BCUT2D eigenvalue weighted by atomic mass is 9.43. The largest absolute Gasteiger partial charge is 0.481 e. The molecule has 1 aromatic rings. The molecular weight excluding hydrogens is 371 g/mol. The third-order valence-corrected chi connectivity index (χ3v) is 6.96. The second kappa shape index (κ2) is 6.49. The van der Waals surface area contributed by atoms with Crippen molar-refractivity contribution in [3.63, 3.8) is 0 Å². The third kappa shape index (κ3) is 3.29. The molecule has 1 aromatic carbocycles. The Hall–Kier alpha value is -2.05. The first kappa shape index (κ1) is 19.3. The summed E-state index contributed by atoms with van der Waals surface area (Å²) in [5.74, 6) is -1.28. The summed E-state index contributed by atoms with van der Waals surface area (Å²) >= 11 is 0. The number of aliphatic carboxylic acids is 1. The molecule has 0 spiro atoms. The highest BCUT2D eigenvalue weighted by molar-refractivity contribution is 5.95. The number of rotatable bonds is 5. The average Bonchev–Trinajstić information content (AvgIpc) is 2.58. The minimum absolute atomic E-state index is 0.0151. The Balaban J connectivity index is 1.54. The van der Waals surface area contributed by atoms with Crippen LogP contribution < -0.4 is 5.32 Å². The highest BCUT2D eigenvalue weighted by Crippen LogP contribution is 2.69. The lowest BCUT2D eigenvalue weighted by Gasteiger charge is -2.61. The van der Waals surface area contributed by atoms with Gasteiger partial charge in [0.1, 0.15) is 0 Å². The highest BCUT2D eigenvalue weighted by atomic mass is 19.4. The van der Waals surface area contributed by atoms with E-state index in [2.05, 4.69) is 5.32 Å². The van der Waals surface area contributed by atoms with Crippen molar-refractivity contribution in [1.82, 2.24) is 0 Å². The number of alkyl halides is 3. The summed E-state index contributed by atoms with van der Waals surface area (Å²) in [6.45, 7) is 0. The van der Waals surface area contributed by atoms with Crippen molar-refractivity contribution in [3.8, 4) is 0 Å². The van der Waals surface area contributed by atoms with Crippen LogP contribution in [0.2, 0.25) is 0 Å². The third-order valence-electron chi connectivity index (χ3n) is 6.96. The number of hydrogen-bond acceptors (Lipinski definition) is 2. The van der Waals surface area contributed by atoms with Gasteiger partial charge in [-0.15, -0.1) is 0 Å². The van der Waals surface area contributed by atoms with Gasteiger partial charge in [0.05, 0.1) is 10.8 Å². The van der Waals surface area contributed by atoms with Gasteiger partial charge in [0, 0.05) is 12.1 Å². The molecule has 4 saturated carbocycles. The summed E-state index contributed by atoms with van der Waals surface area (Å²) in [7, 11) is 0. The van der Waals surface area contributed by atoms with Crippen molar-refractivity contribution in [1.29, 1.82) is 0 Å². The van der Waals surface area contributed by atoms with Crippen molar-refractivity contribution in [2.75, 3.05) is 5.32 Å². The molecule has 0 aliphatic heterocycles. The van der Waals surface area contributed by atoms with Crippen LogP contribution in [0, 0.1) is 22.7 Å². The molecule has 4 fully saturated rings. The van der Waals surface area contributed by atoms with E-state index in [4.69, 9.17) is 5.11 Å². The summed E-state index contributed by atoms with van der Waals surface area (Å²) in [6, 6.07) is 6.91. The first-order valence-corrected chi connectivity index (χ1v) is 9.80. The molecule has 28 heavy (non-hydrogen) atoms. The van der Waals surface area contributed by atoms with Gasteiger partial charge in [-0.3, -0.25) is 9.59 Å². The predicted molar refractivity (Wildman–Crippen MR) is 96.6 cm³/mol. The molecule has 4 bridgehead atoms. The molecule has 1 amide bonds. The standard InChI is InChI=1S/C21H24F3NO3/c22-21(23,24)20-10-14-6-15(11-20)9-19(8-14,12-20)18(28)25-16-3-1-2-13(7-16)4-5-17(26)27/h1-3,7,14-15H,4-6,8-12H2,(H,25,28)(H,26,27). The van der Waals surface area contributed by atoms with Crippen molar-refractivity contribution >= 4 is 17.6 Å². The maximum atomic E-state index is 13.9. The topological polar surface area (TPSA) is 66.4 Å². The number of benzene rings is 1. The molecular formula is C21H24F3NO3. The van der Waals surface area contributed by atoms with Gasteiger partial charge in [0.25, 0.3) is 0 Å². The number of hydrogen-bond donors (Lipinski definition) is 2. The fourth-order valence-electron chi connectivity index (χ4n) is 6.18. The summed E-state index contributed by atoms with van der Waals surface area (Å²) in [5.41, 5.74) is -1.36. The van der Waals surface area contributed by atoms with Crippen LogP contribution in [-0.4, -0.2) is 23.2 Å². The van der Waals surface area contributed by atoms with Gasteiger partial charge in [0.15, 0.2) is 0 Å². The number of carboxylic acids is 1. The Labute approximate surface area is 161 Å². The number of nitrogens with one attached hydrogen (secondary N) is 1. The number of carboxylic acid groups (broad SMARTS) is 1. The Morgan fingerprint density at radius 2 is 1.82 bits per heavy atom. The van der Waals surface area contributed by atoms with Crippen LogP contribution in [0.4, 0.5) is 18.9 Å². The molecule has 5 rings (SSSR count). The first-order chi connectivity index (χ1) is 13.1. The number of amides is 1. The van der Waals surface area contributed by atoms with Crippen LogP contribution in [-0.2, 0) is 16.0 Å². The second-order valence-electron chi connectivity index (χ2n) is 9.07. The van der Waals surface area contributed by atoms with Gasteiger partial charge in [0.2, 0.25) is 5.91 Å². The van der Waals surface area contributed by atoms with Crippen LogP contribution in [0.25, 0.3) is 0 Å². The predicted octanol–water partition coefficient (Wildman–Crippen LogP) is 4.79. The first-order valence-electron chi connectivity index (χ1n) is 9.80. The second-order valence-corrected chi connectivity index (χ2v) is 9.07. The molecule has 152 valence electrons. The number of carbonyl (C=O) groups is 2. The fraction of sp³-hybridized carbons (Fsp3) is 0.619. The van der Waals surface area contributed by atoms with Gasteiger partial charge < -0.3 is 10.4 Å². The Morgan fingerprint density at radius 1 is 1.14 bits per heavy atom. The van der Waals surface area contributed by atoms with Crippen LogP contribution >= 0.6 is 0 Å². The van der Waals surface area contributed by atoms with Crippen molar-refractivity contribution in [2.45, 2.75) is 57.5 Å². The molecule has 4 aliphatic rings. The van der Waals surface area contributed by atoms with E-state index in [1.54, 1.807) is 24.3 Å². The molecule has 0 radical (unpaired) electrons. The van der Waals surface area contributed by atoms with E-state index < -0.39 is 23.0 Å². The minimum atomic E-state index is -4.27. The summed E-state index contributed by atoms with van der Waals surface area (Å²) in [4.78, 5) is 23.9. The van der Waals surface area contributed by atoms with Crippen molar-refractivity contribution in [3.05, 3.63) is 29.8 Å². The van der Waals surface area contributed by atoms with Crippen LogP contribution in [0.3, 0.4) is 0 Å². The van der Waals surface area contributed by atoms with Gasteiger partial charge >= 0.3 is 12.1 Å². The molecule has 0 saturated heterocycles. The zero-order chi connectivity index (χ0) is 20.2. The lowest BCUT2D eigenvalue weighted by Crippen LogP contribution is -2.60. The van der Waals surface area contributed by atoms with E-state index in [9.17, 15) is 22.8 Å². The molecule has 4 aliphatic carbocycles. The zero-order valence-corrected chi connectivity index (χ0v) is 15.5. The molecule has 0 heterocycles. The maximum absolute atomic E-state index is 13.9. The van der Waals surface area contributed by atoms with Gasteiger partial charge in [-0.1, -0.05) is 12.1 Å². The molecule has 7 heteroatoms. The Bertz CT molecular complexity index is 790. The normalized spacial score (nSPS) is 33.7. The number of anilines is 1. The molecule has 2 unspecified atom stereocenters. The van der Waals surface area contributed by atoms with Crippen LogP contribution in [0.15, 0.2) is 24.3 Å². The number of carbonyl (C=O) groups excluding carboxylic acids is 1. The van der Waals surface area contributed by atoms with Crippen molar-refractivity contribution in [2.24, 2.45) is 22.7 Å². The summed E-state index contributed by atoms with van der Waals surface area (Å²) in [6.07, 6.45) is -1.87. The summed E-state index contributed by atoms with van der Waals surface area (Å²) in [5, 5.41) is 11.7. The Kier molecular flexibility index (Phi) is 4.47. The number of halogens is 3. The molecule has 2 atom stereocenters. The van der Waals surface area contributed by atoms with Crippen LogP contribution in [0.5, 0.6) is 0 Å². The fourth-order valence-corrected chi connectivity index (χ4v) is 6.18. The van der Waals surface area contributed by atoms with Gasteiger partial charge in [-0.2, -0.15) is 13.2 Å². The summed E-state index contributed by atoms with van der Waals surface area (Å²) < 4.78 is 41.6. The molecule has 2 N–H and O–H groups in total. The molecule has 4 nitrogen and oxygen atoms in total. The van der Waals surface area contributed by atoms with E-state index in [0.29, 0.717) is 24.9 Å². The quantitative estimate of drug-likeness (QED) is 0.753. The van der Waals surface area contributed by atoms with E-state index >= 15 is 0 Å². The van der Waals surface area contributed by atoms with E-state index in [1.807, 2.05) is 0 Å². The van der Waals surface area contributed by atoms with Crippen molar-refractivity contribution < 1.29 is 27.9 Å². The monoisotopic (exact) mass is 395 g/mol. The highest BCUT2D eigenvalue weighted by Gasteiger charge is 2.68. The minimum Gasteiger partial charge on any atom is -0.481 e. The van der Waals surface area contributed by atoms with E-state index in [-0.39, 0.29) is 43.4 Å². The zero-order valence-electron chi connectivity index (χ0n) is 15.5. The van der Waals surface area contributed by atoms with Gasteiger partial charge in [-0.25, -0.2) is 0 Å². The van der Waals surface area contributed by atoms with Gasteiger partial charge in [-0.05, 0) is 74.5 Å². The lowest BCUT2D eigenvalue weighted by molar-refractivity contribution is -0.283. The Morgan fingerprint density at radius 3 is 2.43 bits per heavy atom. The maximum Gasteiger partial charge on any atom is 0.394 e. The smallest absolute Gasteiger partial charge is 0.394 e. The van der Waals surface area contributed by atoms with E-state index in [0.717, 1.165) is 12.0 Å². The van der Waals surface area contributed by atoms with E-state index in [1.165, 1.54) is 0 Å².